The van der Waals surface area contributed by atoms with Gasteiger partial charge >= 0.3 is 0 Å². The van der Waals surface area contributed by atoms with E-state index in [4.69, 9.17) is 0 Å². The molecule has 0 aliphatic rings. The Morgan fingerprint density at radius 1 is 1.17 bits per heavy atom. The van der Waals surface area contributed by atoms with Crippen LogP contribution in [-0.2, 0) is 0 Å². The van der Waals surface area contributed by atoms with Crippen molar-refractivity contribution >= 4 is 5.69 Å². The summed E-state index contributed by atoms with van der Waals surface area (Å²) in [6.07, 6.45) is 0. The van der Waals surface area contributed by atoms with Gasteiger partial charge in [0.15, 0.2) is 0 Å². The fourth-order valence-electron chi connectivity index (χ4n) is 1.27. The van der Waals surface area contributed by atoms with Gasteiger partial charge in [-0.15, -0.1) is 0 Å². The Hall–Kier alpha value is -1.05. The molecule has 0 aliphatic heterocycles. The molecule has 0 heterocycles. The molecule has 1 N–H and O–H groups in total. The molecule has 1 aromatic carbocycles. The lowest BCUT2D eigenvalue weighted by atomic mass is 10.1. The molecule has 0 saturated carbocycles. The first-order chi connectivity index (χ1) is 5.72. The number of nitrogens with one attached hydrogen (secondary N) is 1. The molecule has 66 valence electrons. The molecule has 0 aliphatic carbocycles. The summed E-state index contributed by atoms with van der Waals surface area (Å²) in [6.45, 7) is 4.14. The maximum absolute atomic E-state index is 11.8. The maximum Gasteiger partial charge on any atom is 0.107 e. The minimum absolute atomic E-state index is 0.326. The zero-order chi connectivity index (χ0) is 8.97. The number of hydrogen-bond donors (Lipinski definition) is 1. The lowest BCUT2D eigenvalue weighted by molar-refractivity contribution is 0.513. The fraction of sp³-hybridized carbons (Fsp3) is 0.400. The highest BCUT2D eigenvalue weighted by Gasteiger charge is 1.93. The number of halogens is 1. The molecule has 0 spiro atoms. The fourth-order valence-corrected chi connectivity index (χ4v) is 1.27. The van der Waals surface area contributed by atoms with Gasteiger partial charge in [0, 0.05) is 12.2 Å². The van der Waals surface area contributed by atoms with Crippen molar-refractivity contribution in [3.63, 3.8) is 0 Å². The van der Waals surface area contributed by atoms with E-state index in [1.807, 2.05) is 26.0 Å². The minimum atomic E-state index is -0.326. The second-order valence-corrected chi connectivity index (χ2v) is 2.99. The topological polar surface area (TPSA) is 12.0 Å². The average Bonchev–Trinajstić information content (AvgIpc) is 1.99. The van der Waals surface area contributed by atoms with Crippen LogP contribution in [0.15, 0.2) is 18.2 Å². The van der Waals surface area contributed by atoms with Gasteiger partial charge in [-0.2, -0.15) is 0 Å². The van der Waals surface area contributed by atoms with Crippen LogP contribution in [0, 0.1) is 13.8 Å². The van der Waals surface area contributed by atoms with Gasteiger partial charge in [-0.1, -0.05) is 6.07 Å². The zero-order valence-electron chi connectivity index (χ0n) is 7.52. The van der Waals surface area contributed by atoms with Crippen LogP contribution in [0.5, 0.6) is 0 Å². The normalized spacial score (nSPS) is 9.92. The van der Waals surface area contributed by atoms with Gasteiger partial charge in [0.1, 0.15) is 6.67 Å². The van der Waals surface area contributed by atoms with Crippen LogP contribution in [0.3, 0.4) is 0 Å². The van der Waals surface area contributed by atoms with E-state index in [1.165, 1.54) is 11.1 Å². The highest BCUT2D eigenvalue weighted by atomic mass is 19.1. The van der Waals surface area contributed by atoms with Gasteiger partial charge in [0.05, 0.1) is 0 Å². The number of anilines is 1. The highest BCUT2D eigenvalue weighted by Crippen LogP contribution is 2.12. The highest BCUT2D eigenvalue weighted by molar-refractivity contribution is 5.48. The van der Waals surface area contributed by atoms with E-state index in [2.05, 4.69) is 11.4 Å². The van der Waals surface area contributed by atoms with Crippen LogP contribution < -0.4 is 5.32 Å². The van der Waals surface area contributed by atoms with Crippen molar-refractivity contribution in [1.82, 2.24) is 0 Å². The molecule has 0 amide bonds. The summed E-state index contributed by atoms with van der Waals surface area (Å²) in [5.74, 6) is 0. The zero-order valence-corrected chi connectivity index (χ0v) is 7.52. The van der Waals surface area contributed by atoms with E-state index < -0.39 is 0 Å². The third-order valence-corrected chi connectivity index (χ3v) is 1.65. The van der Waals surface area contributed by atoms with Gasteiger partial charge in [0.25, 0.3) is 0 Å². The summed E-state index contributed by atoms with van der Waals surface area (Å²) in [5, 5.41) is 3.00. The van der Waals surface area contributed by atoms with Crippen molar-refractivity contribution in [3.05, 3.63) is 29.3 Å². The van der Waals surface area contributed by atoms with Crippen molar-refractivity contribution in [1.29, 1.82) is 0 Å². The molecule has 0 saturated heterocycles. The minimum Gasteiger partial charge on any atom is -0.382 e. The number of alkyl halides is 1. The predicted octanol–water partition coefficient (Wildman–Crippen LogP) is 2.68. The van der Waals surface area contributed by atoms with Gasteiger partial charge in [-0.3, -0.25) is 0 Å². The standard InChI is InChI=1S/C10H14FN/c1-8-5-9(2)7-10(6-8)12-4-3-11/h5-7,12H,3-4H2,1-2H3. The van der Waals surface area contributed by atoms with Crippen LogP contribution in [0.2, 0.25) is 0 Å². The summed E-state index contributed by atoms with van der Waals surface area (Å²) in [7, 11) is 0. The van der Waals surface area contributed by atoms with E-state index >= 15 is 0 Å². The third-order valence-electron chi connectivity index (χ3n) is 1.65. The summed E-state index contributed by atoms with van der Waals surface area (Å²) >= 11 is 0. The molecule has 0 radical (unpaired) electrons. The van der Waals surface area contributed by atoms with Crippen LogP contribution in [0.4, 0.5) is 10.1 Å². The first-order valence-corrected chi connectivity index (χ1v) is 4.10. The molecule has 1 aromatic rings. The Morgan fingerprint density at radius 3 is 2.25 bits per heavy atom. The second-order valence-electron chi connectivity index (χ2n) is 2.99. The SMILES string of the molecule is Cc1cc(C)cc(NCCF)c1. The molecule has 2 heteroatoms. The van der Waals surface area contributed by atoms with E-state index in [-0.39, 0.29) is 6.67 Å². The first kappa shape index (κ1) is 9.04. The predicted molar refractivity (Wildman–Crippen MR) is 50.4 cm³/mol. The van der Waals surface area contributed by atoms with Gasteiger partial charge < -0.3 is 5.32 Å². The largest absolute Gasteiger partial charge is 0.382 e. The average molecular weight is 167 g/mol. The molecule has 0 atom stereocenters. The molecular weight excluding hydrogens is 153 g/mol. The van der Waals surface area contributed by atoms with Crippen molar-refractivity contribution in [3.8, 4) is 0 Å². The lowest BCUT2D eigenvalue weighted by Crippen LogP contribution is -2.03. The van der Waals surface area contributed by atoms with Gasteiger partial charge in [-0.05, 0) is 37.1 Å². The number of benzene rings is 1. The Labute approximate surface area is 72.6 Å². The van der Waals surface area contributed by atoms with Gasteiger partial charge in [0.2, 0.25) is 0 Å². The van der Waals surface area contributed by atoms with Gasteiger partial charge in [-0.25, -0.2) is 4.39 Å². The van der Waals surface area contributed by atoms with E-state index in [0.29, 0.717) is 6.54 Å². The number of aryl methyl sites for hydroxylation is 2. The van der Waals surface area contributed by atoms with Crippen molar-refractivity contribution in [2.45, 2.75) is 13.8 Å². The van der Waals surface area contributed by atoms with Crippen LogP contribution in [-0.4, -0.2) is 13.2 Å². The third kappa shape index (κ3) is 2.53. The Balaban J connectivity index is 2.72. The molecule has 12 heavy (non-hydrogen) atoms. The quantitative estimate of drug-likeness (QED) is 0.729. The summed E-state index contributed by atoms with van der Waals surface area (Å²) in [5.41, 5.74) is 3.41. The second kappa shape index (κ2) is 4.10. The van der Waals surface area contributed by atoms with Crippen LogP contribution in [0.1, 0.15) is 11.1 Å². The summed E-state index contributed by atoms with van der Waals surface area (Å²) < 4.78 is 11.8. The van der Waals surface area contributed by atoms with E-state index in [0.717, 1.165) is 5.69 Å². The lowest BCUT2D eigenvalue weighted by Gasteiger charge is -2.05. The molecule has 0 aromatic heterocycles. The summed E-state index contributed by atoms with van der Waals surface area (Å²) in [4.78, 5) is 0. The smallest absolute Gasteiger partial charge is 0.107 e. The van der Waals surface area contributed by atoms with E-state index in [9.17, 15) is 4.39 Å². The Kier molecular flexibility index (Phi) is 3.09. The van der Waals surface area contributed by atoms with Crippen molar-refractivity contribution < 1.29 is 4.39 Å². The first-order valence-electron chi connectivity index (χ1n) is 4.10. The number of hydrogen-bond acceptors (Lipinski definition) is 1. The van der Waals surface area contributed by atoms with Crippen LogP contribution >= 0.6 is 0 Å². The van der Waals surface area contributed by atoms with E-state index in [1.54, 1.807) is 0 Å². The van der Waals surface area contributed by atoms with Crippen molar-refractivity contribution in [2.75, 3.05) is 18.5 Å². The van der Waals surface area contributed by atoms with Crippen LogP contribution in [0.25, 0.3) is 0 Å². The molecule has 0 unspecified atom stereocenters. The molecule has 1 rings (SSSR count). The maximum atomic E-state index is 11.8. The molecule has 1 nitrogen and oxygen atoms in total. The monoisotopic (exact) mass is 167 g/mol. The number of rotatable bonds is 3. The molecular formula is C10H14FN. The Morgan fingerprint density at radius 2 is 1.75 bits per heavy atom. The molecule has 0 bridgehead atoms. The Bertz CT molecular complexity index is 238. The van der Waals surface area contributed by atoms with Crippen molar-refractivity contribution in [2.24, 2.45) is 0 Å². The molecule has 0 fully saturated rings. The summed E-state index contributed by atoms with van der Waals surface area (Å²) in [6, 6.07) is 6.13.